The summed E-state index contributed by atoms with van der Waals surface area (Å²) in [5.41, 5.74) is 3.22. The number of benzene rings is 2. The van der Waals surface area contributed by atoms with Crippen molar-refractivity contribution in [3.63, 3.8) is 0 Å². The van der Waals surface area contributed by atoms with Crippen molar-refractivity contribution in [2.24, 2.45) is 0 Å². The van der Waals surface area contributed by atoms with Crippen LogP contribution in [0.1, 0.15) is 5.56 Å². The van der Waals surface area contributed by atoms with Gasteiger partial charge >= 0.3 is 0 Å². The molecule has 104 valence electrons. The minimum absolute atomic E-state index is 0.622. The van der Waals surface area contributed by atoms with E-state index in [1.165, 1.54) is 5.56 Å². The molecule has 0 saturated carbocycles. The quantitative estimate of drug-likeness (QED) is 0.775. The van der Waals surface area contributed by atoms with Gasteiger partial charge in [-0.25, -0.2) is 9.97 Å². The molecule has 0 aliphatic rings. The fourth-order valence-electron chi connectivity index (χ4n) is 1.99. The van der Waals surface area contributed by atoms with Gasteiger partial charge in [-0.3, -0.25) is 0 Å². The first-order valence-electron chi connectivity index (χ1n) is 6.67. The van der Waals surface area contributed by atoms with Crippen LogP contribution in [0.2, 0.25) is 5.02 Å². The van der Waals surface area contributed by atoms with Gasteiger partial charge in [-0.1, -0.05) is 54.1 Å². The SMILES string of the molecule is Clc1ccc(-c2cnc(NCc3ccccc3)nc2)cc1. The van der Waals surface area contributed by atoms with Gasteiger partial charge in [0.1, 0.15) is 0 Å². The molecule has 0 radical (unpaired) electrons. The number of hydrogen-bond donors (Lipinski definition) is 1. The van der Waals surface area contributed by atoms with Crippen LogP contribution in [0.3, 0.4) is 0 Å². The molecule has 0 fully saturated rings. The summed E-state index contributed by atoms with van der Waals surface area (Å²) in [5, 5.41) is 3.93. The molecule has 21 heavy (non-hydrogen) atoms. The van der Waals surface area contributed by atoms with Crippen LogP contribution in [0.25, 0.3) is 11.1 Å². The molecule has 0 saturated heterocycles. The van der Waals surface area contributed by atoms with E-state index in [0.29, 0.717) is 12.5 Å². The zero-order valence-corrected chi connectivity index (χ0v) is 12.1. The van der Waals surface area contributed by atoms with Crippen molar-refractivity contribution in [2.75, 3.05) is 5.32 Å². The molecule has 3 aromatic rings. The minimum atomic E-state index is 0.622. The molecule has 0 unspecified atom stereocenters. The van der Waals surface area contributed by atoms with E-state index in [-0.39, 0.29) is 0 Å². The first-order valence-corrected chi connectivity index (χ1v) is 7.05. The highest BCUT2D eigenvalue weighted by atomic mass is 35.5. The maximum absolute atomic E-state index is 5.88. The van der Waals surface area contributed by atoms with Crippen LogP contribution in [0.15, 0.2) is 67.0 Å². The molecule has 2 aromatic carbocycles. The summed E-state index contributed by atoms with van der Waals surface area (Å²) in [5.74, 6) is 0.622. The lowest BCUT2D eigenvalue weighted by atomic mass is 10.1. The smallest absolute Gasteiger partial charge is 0.222 e. The average Bonchev–Trinajstić information content (AvgIpc) is 2.55. The molecule has 1 heterocycles. The van der Waals surface area contributed by atoms with Gasteiger partial charge in [-0.05, 0) is 23.3 Å². The Morgan fingerprint density at radius 2 is 1.48 bits per heavy atom. The first kappa shape index (κ1) is 13.6. The molecule has 4 heteroatoms. The topological polar surface area (TPSA) is 37.8 Å². The Morgan fingerprint density at radius 3 is 2.14 bits per heavy atom. The predicted octanol–water partition coefficient (Wildman–Crippen LogP) is 4.41. The standard InChI is InChI=1S/C17H14ClN3/c18-16-8-6-14(7-9-16)15-11-20-17(21-12-15)19-10-13-4-2-1-3-5-13/h1-9,11-12H,10H2,(H,19,20,21). The lowest BCUT2D eigenvalue weighted by Crippen LogP contribution is -2.03. The predicted molar refractivity (Wildman–Crippen MR) is 86.2 cm³/mol. The normalized spacial score (nSPS) is 10.3. The van der Waals surface area contributed by atoms with Gasteiger partial charge in [0.15, 0.2) is 0 Å². The molecular weight excluding hydrogens is 282 g/mol. The van der Waals surface area contributed by atoms with Crippen molar-refractivity contribution in [3.8, 4) is 11.1 Å². The van der Waals surface area contributed by atoms with E-state index in [0.717, 1.165) is 16.1 Å². The maximum Gasteiger partial charge on any atom is 0.222 e. The van der Waals surface area contributed by atoms with Crippen LogP contribution < -0.4 is 5.32 Å². The van der Waals surface area contributed by atoms with Gasteiger partial charge in [-0.2, -0.15) is 0 Å². The fourth-order valence-corrected chi connectivity index (χ4v) is 2.11. The lowest BCUT2D eigenvalue weighted by Gasteiger charge is -2.06. The molecule has 1 N–H and O–H groups in total. The fraction of sp³-hybridized carbons (Fsp3) is 0.0588. The Balaban J connectivity index is 1.68. The molecule has 1 aromatic heterocycles. The summed E-state index contributed by atoms with van der Waals surface area (Å²) in [4.78, 5) is 8.67. The third-order valence-corrected chi connectivity index (χ3v) is 3.37. The summed E-state index contributed by atoms with van der Waals surface area (Å²) >= 11 is 5.88. The van der Waals surface area contributed by atoms with E-state index in [1.807, 2.05) is 54.9 Å². The molecule has 0 aliphatic heterocycles. The molecule has 3 nitrogen and oxygen atoms in total. The number of nitrogens with one attached hydrogen (secondary N) is 1. The largest absolute Gasteiger partial charge is 0.350 e. The highest BCUT2D eigenvalue weighted by Crippen LogP contribution is 2.20. The second-order valence-corrected chi connectivity index (χ2v) is 5.08. The highest BCUT2D eigenvalue weighted by molar-refractivity contribution is 6.30. The number of nitrogens with zero attached hydrogens (tertiary/aromatic N) is 2. The number of aromatic nitrogens is 2. The minimum Gasteiger partial charge on any atom is -0.350 e. The second kappa shape index (κ2) is 6.37. The van der Waals surface area contributed by atoms with E-state index in [2.05, 4.69) is 27.4 Å². The number of anilines is 1. The van der Waals surface area contributed by atoms with Crippen molar-refractivity contribution >= 4 is 17.5 Å². The van der Waals surface area contributed by atoms with E-state index in [1.54, 1.807) is 0 Å². The van der Waals surface area contributed by atoms with Crippen LogP contribution in [0.4, 0.5) is 5.95 Å². The van der Waals surface area contributed by atoms with E-state index < -0.39 is 0 Å². The van der Waals surface area contributed by atoms with E-state index in [4.69, 9.17) is 11.6 Å². The number of halogens is 1. The van der Waals surface area contributed by atoms with Gasteiger partial charge in [0.05, 0.1) is 0 Å². The number of hydrogen-bond acceptors (Lipinski definition) is 3. The Morgan fingerprint density at radius 1 is 0.810 bits per heavy atom. The van der Waals surface area contributed by atoms with Gasteiger partial charge in [0.2, 0.25) is 5.95 Å². The van der Waals surface area contributed by atoms with Crippen molar-refractivity contribution in [1.82, 2.24) is 9.97 Å². The molecule has 0 aliphatic carbocycles. The Bertz CT molecular complexity index is 694. The monoisotopic (exact) mass is 295 g/mol. The molecule has 0 spiro atoms. The Kier molecular flexibility index (Phi) is 4.12. The van der Waals surface area contributed by atoms with Crippen LogP contribution in [0.5, 0.6) is 0 Å². The van der Waals surface area contributed by atoms with Crippen molar-refractivity contribution in [1.29, 1.82) is 0 Å². The maximum atomic E-state index is 5.88. The average molecular weight is 296 g/mol. The summed E-state index contributed by atoms with van der Waals surface area (Å²) in [6.07, 6.45) is 3.62. The highest BCUT2D eigenvalue weighted by Gasteiger charge is 2.01. The Labute approximate surface area is 128 Å². The zero-order chi connectivity index (χ0) is 14.5. The van der Waals surface area contributed by atoms with Gasteiger partial charge in [0.25, 0.3) is 0 Å². The van der Waals surface area contributed by atoms with Crippen molar-refractivity contribution in [3.05, 3.63) is 77.6 Å². The summed E-state index contributed by atoms with van der Waals surface area (Å²) in [7, 11) is 0. The molecule has 0 atom stereocenters. The summed E-state index contributed by atoms with van der Waals surface area (Å²) in [6.45, 7) is 0.709. The van der Waals surface area contributed by atoms with E-state index in [9.17, 15) is 0 Å². The molecule has 3 rings (SSSR count). The van der Waals surface area contributed by atoms with Crippen LogP contribution in [-0.4, -0.2) is 9.97 Å². The van der Waals surface area contributed by atoms with Gasteiger partial charge < -0.3 is 5.32 Å². The van der Waals surface area contributed by atoms with E-state index >= 15 is 0 Å². The zero-order valence-electron chi connectivity index (χ0n) is 11.3. The van der Waals surface area contributed by atoms with Crippen LogP contribution >= 0.6 is 11.6 Å². The summed E-state index contributed by atoms with van der Waals surface area (Å²) in [6, 6.07) is 17.8. The molecule has 0 amide bonds. The van der Waals surface area contributed by atoms with Crippen LogP contribution in [0, 0.1) is 0 Å². The Hall–Kier alpha value is -2.39. The van der Waals surface area contributed by atoms with Crippen molar-refractivity contribution < 1.29 is 0 Å². The summed E-state index contributed by atoms with van der Waals surface area (Å²) < 4.78 is 0. The van der Waals surface area contributed by atoms with Gasteiger partial charge in [-0.15, -0.1) is 0 Å². The van der Waals surface area contributed by atoms with Crippen LogP contribution in [-0.2, 0) is 6.54 Å². The van der Waals surface area contributed by atoms with Crippen molar-refractivity contribution in [2.45, 2.75) is 6.54 Å². The lowest BCUT2D eigenvalue weighted by molar-refractivity contribution is 1.06. The molecule has 0 bridgehead atoms. The second-order valence-electron chi connectivity index (χ2n) is 4.64. The first-order chi connectivity index (χ1) is 10.3. The molecular formula is C17H14ClN3. The third kappa shape index (κ3) is 3.58. The third-order valence-electron chi connectivity index (χ3n) is 3.12. The number of rotatable bonds is 4. The van der Waals surface area contributed by atoms with Gasteiger partial charge in [0, 0.05) is 29.5 Å².